The van der Waals surface area contributed by atoms with Crippen LogP contribution < -0.4 is 14.8 Å². The van der Waals surface area contributed by atoms with Gasteiger partial charge in [0, 0.05) is 0 Å². The van der Waals surface area contributed by atoms with E-state index in [9.17, 15) is 4.79 Å². The number of imidazole rings is 1. The fourth-order valence-electron chi connectivity index (χ4n) is 3.38. The average molecular weight is 405 g/mol. The summed E-state index contributed by atoms with van der Waals surface area (Å²) in [5.41, 5.74) is 1.85. The summed E-state index contributed by atoms with van der Waals surface area (Å²) in [7, 11) is 1.62. The summed E-state index contributed by atoms with van der Waals surface area (Å²) in [6.07, 6.45) is 1.48. The third-order valence-corrected chi connectivity index (χ3v) is 4.81. The van der Waals surface area contributed by atoms with Crippen LogP contribution in [0.15, 0.2) is 71.3 Å². The Morgan fingerprint density at radius 2 is 1.87 bits per heavy atom. The molecule has 30 heavy (non-hydrogen) atoms. The van der Waals surface area contributed by atoms with E-state index >= 15 is 0 Å². The molecule has 2 aromatic carbocycles. The molecule has 0 saturated carbocycles. The number of fused-ring (bicyclic) bond motifs is 1. The van der Waals surface area contributed by atoms with Crippen LogP contribution in [0.1, 0.15) is 29.3 Å². The molecule has 1 atom stereocenters. The number of amides is 1. The van der Waals surface area contributed by atoms with Gasteiger partial charge in [0.1, 0.15) is 12.4 Å². The monoisotopic (exact) mass is 405 g/mol. The maximum atomic E-state index is 12.4. The Kier molecular flexibility index (Phi) is 5.70. The Hall–Kier alpha value is -3.74. The highest BCUT2D eigenvalue weighted by Crippen LogP contribution is 2.26. The molecule has 0 unspecified atom stereocenters. The first kappa shape index (κ1) is 19.6. The third kappa shape index (κ3) is 4.00. The van der Waals surface area contributed by atoms with Gasteiger partial charge in [-0.25, -0.2) is 4.98 Å². The fourth-order valence-corrected chi connectivity index (χ4v) is 3.38. The zero-order valence-electron chi connectivity index (χ0n) is 16.9. The summed E-state index contributed by atoms with van der Waals surface area (Å²) in [6, 6.07) is 18.4. The molecule has 7 heteroatoms. The van der Waals surface area contributed by atoms with Crippen LogP contribution in [-0.2, 0) is 6.54 Å². The molecule has 2 heterocycles. The van der Waals surface area contributed by atoms with Gasteiger partial charge < -0.3 is 23.8 Å². The average Bonchev–Trinajstić information content (AvgIpc) is 3.43. The largest absolute Gasteiger partial charge is 0.493 e. The first-order valence-corrected chi connectivity index (χ1v) is 9.72. The van der Waals surface area contributed by atoms with Crippen LogP contribution >= 0.6 is 0 Å². The second kappa shape index (κ2) is 8.73. The van der Waals surface area contributed by atoms with E-state index in [1.807, 2.05) is 55.5 Å². The van der Waals surface area contributed by atoms with Crippen molar-refractivity contribution in [2.24, 2.45) is 0 Å². The van der Waals surface area contributed by atoms with E-state index in [1.54, 1.807) is 19.2 Å². The van der Waals surface area contributed by atoms with E-state index in [2.05, 4.69) is 9.88 Å². The van der Waals surface area contributed by atoms with Gasteiger partial charge in [0.25, 0.3) is 5.91 Å². The number of furan rings is 1. The maximum Gasteiger partial charge on any atom is 0.287 e. The lowest BCUT2D eigenvalue weighted by Gasteiger charge is -2.16. The van der Waals surface area contributed by atoms with Gasteiger partial charge in [-0.2, -0.15) is 0 Å². The minimum Gasteiger partial charge on any atom is -0.493 e. The summed E-state index contributed by atoms with van der Waals surface area (Å²) >= 11 is 0. The molecule has 7 nitrogen and oxygen atoms in total. The van der Waals surface area contributed by atoms with Crippen molar-refractivity contribution < 1.29 is 18.7 Å². The number of nitrogens with zero attached hydrogens (tertiary/aromatic N) is 2. The summed E-state index contributed by atoms with van der Waals surface area (Å²) in [5, 5.41) is 2.95. The maximum absolute atomic E-state index is 12.4. The smallest absolute Gasteiger partial charge is 0.287 e. The molecule has 0 fully saturated rings. The van der Waals surface area contributed by atoms with E-state index in [0.29, 0.717) is 24.7 Å². The molecular formula is C23H23N3O4. The number of methoxy groups -OCH3 is 1. The summed E-state index contributed by atoms with van der Waals surface area (Å²) in [4.78, 5) is 17.1. The standard InChI is InChI=1S/C23H23N3O4/c1-16(24-23(27)21-12-7-14-29-21)22-25-17-8-3-4-9-18(17)26(22)13-15-30-20-11-6-5-10-19(20)28-2/h3-12,14,16H,13,15H2,1-2H3,(H,24,27)/t16-/m0/s1. The minimum atomic E-state index is -0.318. The highest BCUT2D eigenvalue weighted by molar-refractivity contribution is 5.91. The number of benzene rings is 2. The molecule has 0 spiro atoms. The molecular weight excluding hydrogens is 382 g/mol. The number of para-hydroxylation sites is 4. The predicted molar refractivity (Wildman–Crippen MR) is 113 cm³/mol. The van der Waals surface area contributed by atoms with Crippen LogP contribution in [0.4, 0.5) is 0 Å². The minimum absolute atomic E-state index is 0.268. The van der Waals surface area contributed by atoms with Gasteiger partial charge in [0.15, 0.2) is 17.3 Å². The Balaban J connectivity index is 1.55. The van der Waals surface area contributed by atoms with Crippen LogP contribution in [0.25, 0.3) is 11.0 Å². The van der Waals surface area contributed by atoms with Gasteiger partial charge in [-0.15, -0.1) is 0 Å². The lowest BCUT2D eigenvalue weighted by molar-refractivity contribution is 0.0909. The van der Waals surface area contributed by atoms with Crippen molar-refractivity contribution in [3.63, 3.8) is 0 Å². The molecule has 0 saturated heterocycles. The highest BCUT2D eigenvalue weighted by Gasteiger charge is 2.20. The molecule has 4 rings (SSSR count). The van der Waals surface area contributed by atoms with Gasteiger partial charge in [0.2, 0.25) is 0 Å². The molecule has 0 radical (unpaired) electrons. The van der Waals surface area contributed by atoms with Crippen molar-refractivity contribution in [3.8, 4) is 11.5 Å². The summed E-state index contributed by atoms with van der Waals surface area (Å²) < 4.78 is 18.5. The van der Waals surface area contributed by atoms with Gasteiger partial charge in [-0.1, -0.05) is 24.3 Å². The lowest BCUT2D eigenvalue weighted by atomic mass is 10.3. The Morgan fingerprint density at radius 3 is 2.63 bits per heavy atom. The second-order valence-corrected chi connectivity index (χ2v) is 6.78. The van der Waals surface area contributed by atoms with Gasteiger partial charge in [-0.05, 0) is 43.3 Å². The molecule has 1 amide bonds. The Bertz CT molecular complexity index is 1130. The van der Waals surface area contributed by atoms with Crippen molar-refractivity contribution in [3.05, 3.63) is 78.5 Å². The zero-order valence-corrected chi connectivity index (χ0v) is 16.9. The lowest BCUT2D eigenvalue weighted by Crippen LogP contribution is -2.28. The van der Waals surface area contributed by atoms with E-state index in [4.69, 9.17) is 18.9 Å². The van der Waals surface area contributed by atoms with E-state index in [-0.39, 0.29) is 17.7 Å². The number of hydrogen-bond acceptors (Lipinski definition) is 5. The Morgan fingerprint density at radius 1 is 1.10 bits per heavy atom. The number of carbonyl (C=O) groups excluding carboxylic acids is 1. The van der Waals surface area contributed by atoms with Crippen molar-refractivity contribution in [1.29, 1.82) is 0 Å². The van der Waals surface area contributed by atoms with Gasteiger partial charge in [-0.3, -0.25) is 4.79 Å². The number of rotatable bonds is 8. The molecule has 1 N–H and O–H groups in total. The molecule has 0 aliphatic carbocycles. The molecule has 154 valence electrons. The SMILES string of the molecule is COc1ccccc1OCCn1c([C@H](C)NC(=O)c2ccco2)nc2ccccc21. The second-order valence-electron chi connectivity index (χ2n) is 6.78. The normalized spacial score (nSPS) is 11.9. The first-order valence-electron chi connectivity index (χ1n) is 9.72. The van der Waals surface area contributed by atoms with Crippen molar-refractivity contribution >= 4 is 16.9 Å². The molecule has 0 bridgehead atoms. The summed E-state index contributed by atoms with van der Waals surface area (Å²) in [5.74, 6) is 2.11. The van der Waals surface area contributed by atoms with Crippen molar-refractivity contribution in [2.75, 3.05) is 13.7 Å². The van der Waals surface area contributed by atoms with Crippen LogP contribution in [0.2, 0.25) is 0 Å². The number of nitrogens with one attached hydrogen (secondary N) is 1. The predicted octanol–water partition coefficient (Wildman–Crippen LogP) is 4.21. The van der Waals surface area contributed by atoms with E-state index in [0.717, 1.165) is 16.9 Å². The van der Waals surface area contributed by atoms with E-state index in [1.165, 1.54) is 6.26 Å². The van der Waals surface area contributed by atoms with Crippen LogP contribution in [-0.4, -0.2) is 29.2 Å². The number of ether oxygens (including phenoxy) is 2. The topological polar surface area (TPSA) is 78.5 Å². The van der Waals surface area contributed by atoms with Crippen molar-refractivity contribution in [1.82, 2.24) is 14.9 Å². The molecule has 0 aliphatic heterocycles. The van der Waals surface area contributed by atoms with Crippen LogP contribution in [0, 0.1) is 0 Å². The molecule has 2 aromatic heterocycles. The highest BCUT2D eigenvalue weighted by atomic mass is 16.5. The number of hydrogen-bond donors (Lipinski definition) is 1. The van der Waals surface area contributed by atoms with Crippen molar-refractivity contribution in [2.45, 2.75) is 19.5 Å². The number of aromatic nitrogens is 2. The fraction of sp³-hybridized carbons (Fsp3) is 0.217. The van der Waals surface area contributed by atoms with Crippen LogP contribution in [0.5, 0.6) is 11.5 Å². The summed E-state index contributed by atoms with van der Waals surface area (Å²) in [6.45, 7) is 2.89. The van der Waals surface area contributed by atoms with Gasteiger partial charge >= 0.3 is 0 Å². The molecule has 0 aliphatic rings. The first-order chi connectivity index (χ1) is 14.7. The van der Waals surface area contributed by atoms with Gasteiger partial charge in [0.05, 0.1) is 37.0 Å². The number of carbonyl (C=O) groups is 1. The quantitative estimate of drug-likeness (QED) is 0.475. The Labute approximate surface area is 174 Å². The molecule has 4 aromatic rings. The van der Waals surface area contributed by atoms with Crippen LogP contribution in [0.3, 0.4) is 0 Å². The third-order valence-electron chi connectivity index (χ3n) is 4.81. The zero-order chi connectivity index (χ0) is 20.9. The van der Waals surface area contributed by atoms with E-state index < -0.39 is 0 Å².